The number of carbonyl (C=O) groups excluding carboxylic acids is 2. The number of nitrogens with one attached hydrogen (secondary N) is 1. The lowest BCUT2D eigenvalue weighted by molar-refractivity contribution is -0.128. The second kappa shape index (κ2) is 6.22. The molecule has 0 aromatic heterocycles. The molecular formula is C9H16N2O2. The zero-order chi connectivity index (χ0) is 10.3. The maximum absolute atomic E-state index is 11.1. The number of hydrogen-bond donors (Lipinski definition) is 2. The molecule has 0 spiro atoms. The Bertz CT molecular complexity index is 202. The van der Waals surface area contributed by atoms with Gasteiger partial charge < -0.3 is 11.1 Å². The molecule has 0 bridgehead atoms. The van der Waals surface area contributed by atoms with E-state index in [1.54, 1.807) is 6.08 Å². The topological polar surface area (TPSA) is 72.2 Å². The quantitative estimate of drug-likeness (QED) is 0.578. The van der Waals surface area contributed by atoms with Gasteiger partial charge in [0.25, 0.3) is 0 Å². The van der Waals surface area contributed by atoms with Gasteiger partial charge in [-0.25, -0.2) is 0 Å². The number of nitrogens with two attached hydrogens (primary N) is 1. The lowest BCUT2D eigenvalue weighted by Gasteiger charge is -2.09. The highest BCUT2D eigenvalue weighted by Crippen LogP contribution is 2.07. The summed E-state index contributed by atoms with van der Waals surface area (Å²) in [6, 6.07) is 0. The van der Waals surface area contributed by atoms with Gasteiger partial charge in [-0.15, -0.1) is 6.58 Å². The Hall–Kier alpha value is -1.32. The van der Waals surface area contributed by atoms with Gasteiger partial charge >= 0.3 is 0 Å². The smallest absolute Gasteiger partial charge is 0.221 e. The Morgan fingerprint density at radius 3 is 2.62 bits per heavy atom. The Balaban J connectivity index is 4.01. The van der Waals surface area contributed by atoms with Crippen molar-refractivity contribution >= 4 is 11.8 Å². The zero-order valence-corrected chi connectivity index (χ0v) is 7.88. The molecular weight excluding hydrogens is 168 g/mol. The predicted molar refractivity (Wildman–Crippen MR) is 50.8 cm³/mol. The van der Waals surface area contributed by atoms with Crippen molar-refractivity contribution in [3.8, 4) is 0 Å². The minimum atomic E-state index is -0.453. The zero-order valence-electron chi connectivity index (χ0n) is 7.88. The highest BCUT2D eigenvalue weighted by atomic mass is 16.2. The minimum Gasteiger partial charge on any atom is -0.369 e. The van der Waals surface area contributed by atoms with E-state index in [9.17, 15) is 9.59 Å². The summed E-state index contributed by atoms with van der Waals surface area (Å²) in [5.74, 6) is -1.02. The summed E-state index contributed by atoms with van der Waals surface area (Å²) in [5.41, 5.74) is 5.10. The van der Waals surface area contributed by atoms with Crippen LogP contribution in [0.3, 0.4) is 0 Å². The first kappa shape index (κ1) is 11.7. The first-order chi connectivity index (χ1) is 6.11. The van der Waals surface area contributed by atoms with E-state index in [2.05, 4.69) is 11.9 Å². The normalized spacial score (nSPS) is 11.8. The predicted octanol–water partition coefficient (Wildman–Crippen LogP) is 0.190. The molecule has 0 aliphatic rings. The molecule has 3 N–H and O–H groups in total. The molecule has 0 fully saturated rings. The number of primary amides is 1. The molecule has 13 heavy (non-hydrogen) atoms. The Labute approximate surface area is 78.2 Å². The van der Waals surface area contributed by atoms with Crippen LogP contribution in [0.2, 0.25) is 0 Å². The van der Waals surface area contributed by atoms with Gasteiger partial charge in [0, 0.05) is 18.9 Å². The van der Waals surface area contributed by atoms with Gasteiger partial charge in [-0.1, -0.05) is 6.08 Å². The van der Waals surface area contributed by atoms with E-state index in [1.165, 1.54) is 0 Å². The molecule has 0 aromatic carbocycles. The summed E-state index contributed by atoms with van der Waals surface area (Å²) in [5, 5.41) is 2.61. The standard InChI is InChI=1S/C9H16N2O2/c1-3-5-7(9(10)13)6-8(12)11-4-2/h3,7H,1,4-6H2,2H3,(H2,10,13)(H,11,12)/t7-/m0/s1. The molecule has 0 aliphatic carbocycles. The second-order valence-electron chi connectivity index (χ2n) is 2.78. The van der Waals surface area contributed by atoms with Crippen molar-refractivity contribution in [2.75, 3.05) is 6.54 Å². The maximum Gasteiger partial charge on any atom is 0.221 e. The SMILES string of the molecule is C=CC[C@@H](CC(=O)NCC)C(N)=O. The summed E-state index contributed by atoms with van der Waals surface area (Å²) in [4.78, 5) is 21.9. The largest absolute Gasteiger partial charge is 0.369 e. The van der Waals surface area contributed by atoms with Crippen molar-refractivity contribution in [3.05, 3.63) is 12.7 Å². The Morgan fingerprint density at radius 1 is 1.62 bits per heavy atom. The first-order valence-corrected chi connectivity index (χ1v) is 4.28. The van der Waals surface area contributed by atoms with E-state index >= 15 is 0 Å². The van der Waals surface area contributed by atoms with Crippen LogP contribution in [0.4, 0.5) is 0 Å². The Morgan fingerprint density at radius 2 is 2.23 bits per heavy atom. The van der Waals surface area contributed by atoms with Crippen molar-refractivity contribution in [1.82, 2.24) is 5.32 Å². The van der Waals surface area contributed by atoms with Crippen LogP contribution in [-0.4, -0.2) is 18.4 Å². The van der Waals surface area contributed by atoms with Crippen LogP contribution in [0.1, 0.15) is 19.8 Å². The van der Waals surface area contributed by atoms with Crippen LogP contribution < -0.4 is 11.1 Å². The van der Waals surface area contributed by atoms with Gasteiger partial charge in [0.05, 0.1) is 0 Å². The van der Waals surface area contributed by atoms with Crippen molar-refractivity contribution in [2.45, 2.75) is 19.8 Å². The van der Waals surface area contributed by atoms with Crippen LogP contribution in [0, 0.1) is 5.92 Å². The average Bonchev–Trinajstić information content (AvgIpc) is 2.04. The van der Waals surface area contributed by atoms with E-state index < -0.39 is 11.8 Å². The number of carbonyl (C=O) groups is 2. The van der Waals surface area contributed by atoms with E-state index in [-0.39, 0.29) is 12.3 Å². The number of rotatable bonds is 6. The monoisotopic (exact) mass is 184 g/mol. The summed E-state index contributed by atoms with van der Waals surface area (Å²) < 4.78 is 0. The molecule has 0 aromatic rings. The molecule has 1 atom stereocenters. The number of allylic oxidation sites excluding steroid dienone is 1. The molecule has 0 rings (SSSR count). The Kier molecular flexibility index (Phi) is 5.59. The summed E-state index contributed by atoms with van der Waals surface area (Å²) in [7, 11) is 0. The second-order valence-corrected chi connectivity index (χ2v) is 2.78. The van der Waals surface area contributed by atoms with Crippen LogP contribution in [0.15, 0.2) is 12.7 Å². The number of hydrogen-bond acceptors (Lipinski definition) is 2. The summed E-state index contributed by atoms with van der Waals surface area (Å²) >= 11 is 0. The molecule has 2 amide bonds. The fraction of sp³-hybridized carbons (Fsp3) is 0.556. The van der Waals surface area contributed by atoms with E-state index in [0.717, 1.165) is 0 Å². The molecule has 4 heteroatoms. The van der Waals surface area contributed by atoms with Crippen LogP contribution in [0.5, 0.6) is 0 Å². The van der Waals surface area contributed by atoms with Gasteiger partial charge in [0.15, 0.2) is 0 Å². The molecule has 0 saturated heterocycles. The maximum atomic E-state index is 11.1. The molecule has 0 saturated carbocycles. The highest BCUT2D eigenvalue weighted by molar-refractivity contribution is 5.84. The van der Waals surface area contributed by atoms with Crippen molar-refractivity contribution < 1.29 is 9.59 Å². The fourth-order valence-corrected chi connectivity index (χ4v) is 0.994. The van der Waals surface area contributed by atoms with E-state index in [1.807, 2.05) is 6.92 Å². The van der Waals surface area contributed by atoms with E-state index in [4.69, 9.17) is 5.73 Å². The van der Waals surface area contributed by atoms with Gasteiger partial charge in [-0.3, -0.25) is 9.59 Å². The molecule has 0 unspecified atom stereocenters. The summed E-state index contributed by atoms with van der Waals surface area (Å²) in [6.07, 6.45) is 2.19. The first-order valence-electron chi connectivity index (χ1n) is 4.28. The molecule has 4 nitrogen and oxygen atoms in total. The lowest BCUT2D eigenvalue weighted by atomic mass is 10.0. The minimum absolute atomic E-state index is 0.145. The van der Waals surface area contributed by atoms with Gasteiger partial charge in [-0.05, 0) is 13.3 Å². The van der Waals surface area contributed by atoms with Crippen LogP contribution >= 0.6 is 0 Å². The molecule has 74 valence electrons. The molecule has 0 heterocycles. The van der Waals surface area contributed by atoms with Gasteiger partial charge in [-0.2, -0.15) is 0 Å². The average molecular weight is 184 g/mol. The highest BCUT2D eigenvalue weighted by Gasteiger charge is 2.17. The molecule has 0 radical (unpaired) electrons. The van der Waals surface area contributed by atoms with Crippen molar-refractivity contribution in [3.63, 3.8) is 0 Å². The molecule has 0 aliphatic heterocycles. The van der Waals surface area contributed by atoms with Gasteiger partial charge in [0.1, 0.15) is 0 Å². The fourth-order valence-electron chi connectivity index (χ4n) is 0.994. The summed E-state index contributed by atoms with van der Waals surface area (Å²) in [6.45, 7) is 5.89. The third-order valence-electron chi connectivity index (χ3n) is 1.66. The van der Waals surface area contributed by atoms with E-state index in [0.29, 0.717) is 13.0 Å². The number of amides is 2. The third-order valence-corrected chi connectivity index (χ3v) is 1.66. The van der Waals surface area contributed by atoms with Gasteiger partial charge in [0.2, 0.25) is 11.8 Å². The van der Waals surface area contributed by atoms with Crippen molar-refractivity contribution in [1.29, 1.82) is 0 Å². The van der Waals surface area contributed by atoms with Crippen LogP contribution in [-0.2, 0) is 9.59 Å². The third kappa shape index (κ3) is 5.00. The van der Waals surface area contributed by atoms with Crippen LogP contribution in [0.25, 0.3) is 0 Å². The lowest BCUT2D eigenvalue weighted by Crippen LogP contribution is -2.31. The van der Waals surface area contributed by atoms with Crippen molar-refractivity contribution in [2.24, 2.45) is 11.7 Å².